The average molecular weight is 256 g/mol. The molecule has 0 aliphatic rings. The second kappa shape index (κ2) is 5.50. The van der Waals surface area contributed by atoms with Crippen LogP contribution in [0.15, 0.2) is 30.7 Å². The number of hydrogen-bond donors (Lipinski definition) is 1. The third-order valence-corrected chi connectivity index (χ3v) is 2.25. The van der Waals surface area contributed by atoms with Crippen LogP contribution in [0, 0.1) is 21.4 Å². The first-order chi connectivity index (χ1) is 9.20. The number of nitrogens with one attached hydrogen (secondary N) is 1. The molecule has 94 valence electrons. The molecule has 19 heavy (non-hydrogen) atoms. The first-order valence-corrected chi connectivity index (χ1v) is 5.25. The van der Waals surface area contributed by atoms with Crippen molar-refractivity contribution in [2.45, 2.75) is 6.54 Å². The zero-order valence-corrected chi connectivity index (χ0v) is 9.65. The van der Waals surface area contributed by atoms with Gasteiger partial charge in [0, 0.05) is 36.8 Å². The van der Waals surface area contributed by atoms with E-state index in [9.17, 15) is 10.1 Å². The van der Waals surface area contributed by atoms with Gasteiger partial charge in [0.15, 0.2) is 0 Å². The summed E-state index contributed by atoms with van der Waals surface area (Å²) in [4.78, 5) is 21.8. The van der Waals surface area contributed by atoms with Crippen molar-refractivity contribution in [1.29, 1.82) is 5.26 Å². The average Bonchev–Trinajstić information content (AvgIpc) is 2.46. The quantitative estimate of drug-likeness (QED) is 0.646. The highest BCUT2D eigenvalue weighted by Gasteiger charge is 2.13. The summed E-state index contributed by atoms with van der Waals surface area (Å²) < 4.78 is 0. The molecule has 0 aliphatic carbocycles. The second-order valence-electron chi connectivity index (χ2n) is 3.51. The Morgan fingerprint density at radius 3 is 2.74 bits per heavy atom. The van der Waals surface area contributed by atoms with Crippen molar-refractivity contribution in [2.24, 2.45) is 0 Å². The van der Waals surface area contributed by atoms with E-state index in [4.69, 9.17) is 5.26 Å². The van der Waals surface area contributed by atoms with Crippen molar-refractivity contribution < 1.29 is 4.92 Å². The molecule has 2 rings (SSSR count). The molecule has 2 heterocycles. The molecule has 0 unspecified atom stereocenters. The zero-order chi connectivity index (χ0) is 13.7. The molecule has 2 aromatic heterocycles. The lowest BCUT2D eigenvalue weighted by atomic mass is 10.3. The van der Waals surface area contributed by atoms with E-state index in [0.29, 0.717) is 5.56 Å². The maximum absolute atomic E-state index is 10.8. The molecule has 0 aliphatic heterocycles. The molecule has 8 heteroatoms. The summed E-state index contributed by atoms with van der Waals surface area (Å²) in [6.07, 6.45) is 4.42. The van der Waals surface area contributed by atoms with Crippen LogP contribution in [0.25, 0.3) is 0 Å². The van der Waals surface area contributed by atoms with Crippen LogP contribution in [0.5, 0.6) is 0 Å². The summed E-state index contributed by atoms with van der Waals surface area (Å²) >= 11 is 0. The third-order valence-electron chi connectivity index (χ3n) is 2.25. The first-order valence-electron chi connectivity index (χ1n) is 5.25. The predicted molar refractivity (Wildman–Crippen MR) is 65.0 cm³/mol. The van der Waals surface area contributed by atoms with Gasteiger partial charge in [-0.25, -0.2) is 15.0 Å². The van der Waals surface area contributed by atoms with Crippen molar-refractivity contribution in [3.63, 3.8) is 0 Å². The number of nitro groups is 1. The van der Waals surface area contributed by atoms with Crippen molar-refractivity contribution in [3.8, 4) is 6.07 Å². The van der Waals surface area contributed by atoms with Gasteiger partial charge in [-0.1, -0.05) is 0 Å². The van der Waals surface area contributed by atoms with Crippen LogP contribution >= 0.6 is 0 Å². The molecule has 0 amide bonds. The van der Waals surface area contributed by atoms with Gasteiger partial charge >= 0.3 is 5.69 Å². The van der Waals surface area contributed by atoms with Crippen LogP contribution < -0.4 is 5.32 Å². The molecule has 0 radical (unpaired) electrons. The SMILES string of the molecule is N#Cc1ncc(CNc2ncccc2[N+](=O)[O-])cn1. The van der Waals surface area contributed by atoms with Gasteiger partial charge in [0.05, 0.1) is 4.92 Å². The van der Waals surface area contributed by atoms with Crippen molar-refractivity contribution >= 4 is 11.5 Å². The Balaban J connectivity index is 2.10. The van der Waals surface area contributed by atoms with Gasteiger partial charge in [-0.3, -0.25) is 10.1 Å². The minimum absolute atomic E-state index is 0.0765. The van der Waals surface area contributed by atoms with E-state index in [0.717, 1.165) is 0 Å². The smallest absolute Gasteiger partial charge is 0.311 e. The monoisotopic (exact) mass is 256 g/mol. The van der Waals surface area contributed by atoms with E-state index >= 15 is 0 Å². The minimum Gasteiger partial charge on any atom is -0.360 e. The Kier molecular flexibility index (Phi) is 3.59. The first kappa shape index (κ1) is 12.4. The molecule has 1 N–H and O–H groups in total. The van der Waals surface area contributed by atoms with E-state index in [1.165, 1.54) is 30.7 Å². The standard InChI is InChI=1S/C11H8N6O2/c12-4-10-14-5-8(6-15-10)7-16-11-9(17(18)19)2-1-3-13-11/h1-3,5-6H,7H2,(H,13,16). The minimum atomic E-state index is -0.509. The zero-order valence-electron chi connectivity index (χ0n) is 9.65. The number of nitrogens with zero attached hydrogens (tertiary/aromatic N) is 5. The van der Waals surface area contributed by atoms with Crippen molar-refractivity contribution in [3.05, 3.63) is 52.2 Å². The predicted octanol–water partition coefficient (Wildman–Crippen LogP) is 1.26. The lowest BCUT2D eigenvalue weighted by molar-refractivity contribution is -0.384. The fourth-order valence-corrected chi connectivity index (χ4v) is 1.37. The molecule has 2 aromatic rings. The normalized spacial score (nSPS) is 9.63. The van der Waals surface area contributed by atoms with E-state index in [1.807, 2.05) is 6.07 Å². The van der Waals surface area contributed by atoms with Crippen LogP contribution in [0.1, 0.15) is 11.4 Å². The number of nitriles is 1. The van der Waals surface area contributed by atoms with E-state index in [1.54, 1.807) is 0 Å². The highest BCUT2D eigenvalue weighted by atomic mass is 16.6. The Hall–Kier alpha value is -3.08. The highest BCUT2D eigenvalue weighted by molar-refractivity contribution is 5.55. The van der Waals surface area contributed by atoms with Gasteiger partial charge in [0.2, 0.25) is 11.6 Å². The Labute approximate surface area is 107 Å². The molecule has 0 spiro atoms. The summed E-state index contributed by atoms with van der Waals surface area (Å²) in [5.41, 5.74) is 0.594. The van der Waals surface area contributed by atoms with Gasteiger partial charge in [0.25, 0.3) is 0 Å². The summed E-state index contributed by atoms with van der Waals surface area (Å²) in [7, 11) is 0. The maximum Gasteiger partial charge on any atom is 0.311 e. The fraction of sp³-hybridized carbons (Fsp3) is 0.0909. The van der Waals surface area contributed by atoms with Crippen LogP contribution in [-0.4, -0.2) is 19.9 Å². The summed E-state index contributed by atoms with van der Waals surface area (Å²) in [5.74, 6) is 0.254. The van der Waals surface area contributed by atoms with Gasteiger partial charge in [0.1, 0.15) is 6.07 Å². The molecular weight excluding hydrogens is 248 g/mol. The van der Waals surface area contributed by atoms with E-state index < -0.39 is 4.92 Å². The van der Waals surface area contributed by atoms with Crippen LogP contribution in [0.2, 0.25) is 0 Å². The van der Waals surface area contributed by atoms with Gasteiger partial charge in [-0.2, -0.15) is 5.26 Å². The molecule has 0 atom stereocenters. The van der Waals surface area contributed by atoms with Gasteiger partial charge < -0.3 is 5.32 Å². The summed E-state index contributed by atoms with van der Waals surface area (Å²) in [6, 6.07) is 4.67. The number of anilines is 1. The fourth-order valence-electron chi connectivity index (χ4n) is 1.37. The molecule has 0 bridgehead atoms. The number of rotatable bonds is 4. The topological polar surface area (TPSA) is 118 Å². The van der Waals surface area contributed by atoms with Crippen LogP contribution in [-0.2, 0) is 6.54 Å². The molecule has 0 fully saturated rings. The highest BCUT2D eigenvalue weighted by Crippen LogP contribution is 2.20. The molecule has 8 nitrogen and oxygen atoms in total. The largest absolute Gasteiger partial charge is 0.360 e. The Morgan fingerprint density at radius 1 is 1.37 bits per heavy atom. The van der Waals surface area contributed by atoms with Crippen molar-refractivity contribution in [1.82, 2.24) is 15.0 Å². The van der Waals surface area contributed by atoms with Gasteiger partial charge in [-0.05, 0) is 6.07 Å². The van der Waals surface area contributed by atoms with Crippen molar-refractivity contribution in [2.75, 3.05) is 5.32 Å². The number of hydrogen-bond acceptors (Lipinski definition) is 7. The second-order valence-corrected chi connectivity index (χ2v) is 3.51. The molecule has 0 aromatic carbocycles. The third kappa shape index (κ3) is 2.98. The molecule has 0 saturated carbocycles. The Bertz CT molecular complexity index is 634. The Morgan fingerprint density at radius 2 is 2.11 bits per heavy atom. The van der Waals surface area contributed by atoms with E-state index in [2.05, 4.69) is 20.3 Å². The summed E-state index contributed by atoms with van der Waals surface area (Å²) in [6.45, 7) is 0.281. The number of pyridine rings is 1. The van der Waals surface area contributed by atoms with Crippen LogP contribution in [0.3, 0.4) is 0 Å². The maximum atomic E-state index is 10.8. The lowest BCUT2D eigenvalue weighted by Gasteiger charge is -2.05. The lowest BCUT2D eigenvalue weighted by Crippen LogP contribution is -2.05. The molecular formula is C11H8N6O2. The molecule has 0 saturated heterocycles. The summed E-state index contributed by atoms with van der Waals surface area (Å²) in [5, 5.41) is 22.2. The van der Waals surface area contributed by atoms with Crippen LogP contribution in [0.4, 0.5) is 11.5 Å². The number of aromatic nitrogens is 3. The van der Waals surface area contributed by atoms with E-state index in [-0.39, 0.29) is 23.9 Å². The van der Waals surface area contributed by atoms with Gasteiger partial charge in [-0.15, -0.1) is 0 Å².